The molecule has 0 atom stereocenters. The molecule has 0 spiro atoms. The molecule has 1 aromatic carbocycles. The quantitative estimate of drug-likeness (QED) is 0.617. The molecule has 60 valence electrons. The summed E-state index contributed by atoms with van der Waals surface area (Å²) in [6.45, 7) is 0. The molecule has 3 nitrogen and oxygen atoms in total. The average Bonchev–Trinajstić information content (AvgIpc) is 2.07. The minimum absolute atomic E-state index is 0.130. The van der Waals surface area contributed by atoms with Crippen molar-refractivity contribution in [3.05, 3.63) is 30.5 Å². The summed E-state index contributed by atoms with van der Waals surface area (Å²) in [5, 5.41) is 19.0. The van der Waals surface area contributed by atoms with Gasteiger partial charge in [-0.3, -0.25) is 4.98 Å². The normalized spacial score (nSPS) is 10.3. The summed E-state index contributed by atoms with van der Waals surface area (Å²) in [4.78, 5) is 4.01. The molecule has 0 aliphatic heterocycles. The van der Waals surface area contributed by atoms with Gasteiger partial charge in [-0.25, -0.2) is 0 Å². The molecule has 1 aromatic heterocycles. The van der Waals surface area contributed by atoms with Crippen molar-refractivity contribution in [2.45, 2.75) is 0 Å². The molecule has 0 bridgehead atoms. The Morgan fingerprint density at radius 1 is 1.08 bits per heavy atom. The van der Waals surface area contributed by atoms with Crippen molar-refractivity contribution in [1.29, 1.82) is 0 Å². The molecule has 1 heterocycles. The second kappa shape index (κ2) is 2.37. The van der Waals surface area contributed by atoms with E-state index < -0.39 is 0 Å². The van der Waals surface area contributed by atoms with Crippen molar-refractivity contribution in [1.82, 2.24) is 4.98 Å². The smallest absolute Gasteiger partial charge is 0.126 e. The third-order valence-corrected chi connectivity index (χ3v) is 1.70. The van der Waals surface area contributed by atoms with E-state index in [0.29, 0.717) is 10.9 Å². The Balaban J connectivity index is 2.88. The van der Waals surface area contributed by atoms with Gasteiger partial charge in [0.15, 0.2) is 0 Å². The predicted molar refractivity (Wildman–Crippen MR) is 45.1 cm³/mol. The maximum absolute atomic E-state index is 9.34. The number of nitrogens with zero attached hydrogens (tertiary/aromatic N) is 1. The monoisotopic (exact) mass is 161 g/mol. The zero-order valence-electron chi connectivity index (χ0n) is 6.23. The fraction of sp³-hybridized carbons (Fsp3) is 0. The van der Waals surface area contributed by atoms with Crippen LogP contribution in [0.4, 0.5) is 0 Å². The highest BCUT2D eigenvalue weighted by molar-refractivity contribution is 5.85. The van der Waals surface area contributed by atoms with E-state index in [2.05, 4.69) is 4.98 Å². The van der Waals surface area contributed by atoms with Crippen molar-refractivity contribution >= 4 is 10.9 Å². The van der Waals surface area contributed by atoms with E-state index in [9.17, 15) is 5.11 Å². The van der Waals surface area contributed by atoms with Crippen LogP contribution in [0.3, 0.4) is 0 Å². The number of pyridine rings is 1. The molecule has 0 fully saturated rings. The molecule has 0 aliphatic rings. The first-order valence-electron chi connectivity index (χ1n) is 3.54. The third-order valence-electron chi connectivity index (χ3n) is 1.70. The van der Waals surface area contributed by atoms with Crippen LogP contribution in [-0.4, -0.2) is 15.2 Å². The Morgan fingerprint density at radius 2 is 1.92 bits per heavy atom. The van der Waals surface area contributed by atoms with Gasteiger partial charge in [-0.1, -0.05) is 0 Å². The van der Waals surface area contributed by atoms with Gasteiger partial charge in [0.1, 0.15) is 11.5 Å². The molecule has 0 amide bonds. The van der Waals surface area contributed by atoms with E-state index in [0.717, 1.165) is 0 Å². The summed E-state index contributed by atoms with van der Waals surface area (Å²) < 4.78 is 0. The van der Waals surface area contributed by atoms with Crippen LogP contribution in [0.15, 0.2) is 30.5 Å². The van der Waals surface area contributed by atoms with Crippen LogP contribution in [0.25, 0.3) is 10.9 Å². The average molecular weight is 161 g/mol. The number of fused-ring (bicyclic) bond motifs is 1. The minimum Gasteiger partial charge on any atom is -0.508 e. The van der Waals surface area contributed by atoms with Gasteiger partial charge in [0.05, 0.1) is 5.52 Å². The van der Waals surface area contributed by atoms with Crippen LogP contribution in [0, 0.1) is 0 Å². The Labute approximate surface area is 68.9 Å². The van der Waals surface area contributed by atoms with Gasteiger partial charge >= 0.3 is 0 Å². The van der Waals surface area contributed by atoms with Gasteiger partial charge in [0, 0.05) is 11.6 Å². The molecule has 2 rings (SSSR count). The summed E-state index contributed by atoms with van der Waals surface area (Å²) in [7, 11) is 0. The number of hydrogen-bond donors (Lipinski definition) is 2. The van der Waals surface area contributed by atoms with E-state index >= 15 is 0 Å². The lowest BCUT2D eigenvalue weighted by Gasteiger charge is -1.99. The second-order valence-electron chi connectivity index (χ2n) is 2.53. The van der Waals surface area contributed by atoms with Crippen LogP contribution in [0.2, 0.25) is 0 Å². The molecule has 3 heteroatoms. The van der Waals surface area contributed by atoms with Gasteiger partial charge in [0.2, 0.25) is 0 Å². The largest absolute Gasteiger partial charge is 0.508 e. The summed E-state index contributed by atoms with van der Waals surface area (Å²) in [5.41, 5.74) is 0.674. The molecule has 2 N–H and O–H groups in total. The Kier molecular flexibility index (Phi) is 1.37. The maximum Gasteiger partial charge on any atom is 0.126 e. The number of hydrogen-bond acceptors (Lipinski definition) is 3. The highest BCUT2D eigenvalue weighted by atomic mass is 16.3. The molecule has 12 heavy (non-hydrogen) atoms. The molecule has 2 aromatic rings. The molecule has 0 saturated carbocycles. The van der Waals surface area contributed by atoms with Gasteiger partial charge in [-0.2, -0.15) is 0 Å². The number of rotatable bonds is 0. The van der Waals surface area contributed by atoms with Crippen LogP contribution < -0.4 is 0 Å². The van der Waals surface area contributed by atoms with Crippen molar-refractivity contribution in [2.24, 2.45) is 0 Å². The number of benzene rings is 1. The van der Waals surface area contributed by atoms with Gasteiger partial charge in [-0.15, -0.1) is 0 Å². The number of phenolic OH excluding ortho intramolecular Hbond substituents is 1. The molecule has 0 radical (unpaired) electrons. The first kappa shape index (κ1) is 6.91. The lowest BCUT2D eigenvalue weighted by molar-refractivity contribution is 0.471. The standard InChI is InChI=1S/C9H7NO2/c11-6-1-2-8-7(5-6)9(12)3-4-10-8/h1-5,11H,(H,10,12). The lowest BCUT2D eigenvalue weighted by Crippen LogP contribution is -1.77. The van der Waals surface area contributed by atoms with Crippen molar-refractivity contribution in [3.63, 3.8) is 0 Å². The Hall–Kier alpha value is -1.77. The van der Waals surface area contributed by atoms with Crippen LogP contribution in [-0.2, 0) is 0 Å². The fourth-order valence-corrected chi connectivity index (χ4v) is 1.12. The fourth-order valence-electron chi connectivity index (χ4n) is 1.12. The van der Waals surface area contributed by atoms with Gasteiger partial charge in [-0.05, 0) is 24.3 Å². The van der Waals surface area contributed by atoms with Crippen molar-refractivity contribution < 1.29 is 10.2 Å². The van der Waals surface area contributed by atoms with E-state index in [1.165, 1.54) is 24.4 Å². The van der Waals surface area contributed by atoms with E-state index in [4.69, 9.17) is 5.11 Å². The summed E-state index contributed by atoms with van der Waals surface area (Å²) >= 11 is 0. The summed E-state index contributed by atoms with van der Waals surface area (Å²) in [6.07, 6.45) is 1.52. The third kappa shape index (κ3) is 0.955. The van der Waals surface area contributed by atoms with E-state index in [-0.39, 0.29) is 11.5 Å². The molecule has 0 aliphatic carbocycles. The first-order valence-corrected chi connectivity index (χ1v) is 3.54. The maximum atomic E-state index is 9.34. The van der Waals surface area contributed by atoms with E-state index in [1.54, 1.807) is 6.07 Å². The highest BCUT2D eigenvalue weighted by Gasteiger charge is 1.99. The zero-order chi connectivity index (χ0) is 8.55. The minimum atomic E-state index is 0.130. The SMILES string of the molecule is Oc1ccc2nccc(O)c2c1. The van der Waals surface area contributed by atoms with Gasteiger partial charge in [0.25, 0.3) is 0 Å². The number of aromatic nitrogens is 1. The first-order chi connectivity index (χ1) is 5.77. The molecular formula is C9H7NO2. The molecule has 0 unspecified atom stereocenters. The lowest BCUT2D eigenvalue weighted by atomic mass is 10.2. The van der Waals surface area contributed by atoms with Gasteiger partial charge < -0.3 is 10.2 Å². The molecular weight excluding hydrogens is 154 g/mol. The summed E-state index contributed by atoms with van der Waals surface area (Å²) in [5.74, 6) is 0.265. The Bertz CT molecular complexity index is 426. The van der Waals surface area contributed by atoms with Crippen LogP contribution >= 0.6 is 0 Å². The second-order valence-corrected chi connectivity index (χ2v) is 2.53. The van der Waals surface area contributed by atoms with Crippen LogP contribution in [0.5, 0.6) is 11.5 Å². The predicted octanol–water partition coefficient (Wildman–Crippen LogP) is 1.65. The molecule has 0 saturated heterocycles. The zero-order valence-corrected chi connectivity index (χ0v) is 6.23. The highest BCUT2D eigenvalue weighted by Crippen LogP contribution is 2.25. The van der Waals surface area contributed by atoms with Crippen molar-refractivity contribution in [2.75, 3.05) is 0 Å². The number of phenols is 1. The van der Waals surface area contributed by atoms with Crippen molar-refractivity contribution in [3.8, 4) is 11.5 Å². The topological polar surface area (TPSA) is 53.4 Å². The Morgan fingerprint density at radius 3 is 2.75 bits per heavy atom. The summed E-state index contributed by atoms with van der Waals surface area (Å²) in [6, 6.07) is 6.17. The van der Waals surface area contributed by atoms with Crippen LogP contribution in [0.1, 0.15) is 0 Å². The number of aromatic hydroxyl groups is 2. The van der Waals surface area contributed by atoms with E-state index in [1.807, 2.05) is 0 Å².